The van der Waals surface area contributed by atoms with E-state index in [2.05, 4.69) is 36.2 Å². The van der Waals surface area contributed by atoms with Crippen molar-refractivity contribution in [3.8, 4) is 0 Å². The second-order valence-corrected chi connectivity index (χ2v) is 7.95. The average Bonchev–Trinajstić information content (AvgIpc) is 3.03. The smallest absolute Gasteiger partial charge is 0.243 e. The molecular weight excluding hydrogens is 296 g/mol. The molecule has 0 aromatic carbocycles. The molecule has 0 aliphatic heterocycles. The van der Waals surface area contributed by atoms with Crippen molar-refractivity contribution in [1.29, 1.82) is 0 Å². The Morgan fingerprint density at radius 3 is 3.05 bits per heavy atom. The molecule has 5 heteroatoms. The number of hydrogen-bond acceptors (Lipinski definition) is 3. The zero-order chi connectivity index (χ0) is 15.5. The van der Waals surface area contributed by atoms with E-state index in [4.69, 9.17) is 11.6 Å². The van der Waals surface area contributed by atoms with Crippen molar-refractivity contribution in [2.24, 2.45) is 23.2 Å². The maximum absolute atomic E-state index is 6.09. The van der Waals surface area contributed by atoms with Crippen molar-refractivity contribution in [2.45, 2.75) is 46.1 Å². The van der Waals surface area contributed by atoms with Crippen LogP contribution in [-0.4, -0.2) is 20.6 Å². The molecule has 2 saturated carbocycles. The number of hydrogen-bond donors (Lipinski definition) is 1. The number of halogens is 1. The third-order valence-corrected chi connectivity index (χ3v) is 5.87. The van der Waals surface area contributed by atoms with Gasteiger partial charge in [-0.05, 0) is 59.7 Å². The number of nitrogens with zero attached hydrogens (tertiary/aromatic N) is 3. The monoisotopic (exact) mass is 318 g/mol. The molecule has 2 aliphatic rings. The van der Waals surface area contributed by atoms with Gasteiger partial charge in [0.1, 0.15) is 5.52 Å². The van der Waals surface area contributed by atoms with Crippen molar-refractivity contribution >= 4 is 22.9 Å². The molecule has 0 bridgehead atoms. The molecule has 4 atom stereocenters. The van der Waals surface area contributed by atoms with Crippen LogP contribution < -0.4 is 5.32 Å². The zero-order valence-corrected chi connectivity index (χ0v) is 14.1. The second-order valence-electron chi connectivity index (χ2n) is 7.61. The van der Waals surface area contributed by atoms with Crippen LogP contribution in [0.25, 0.3) is 5.52 Å². The van der Waals surface area contributed by atoms with Crippen molar-refractivity contribution < 1.29 is 0 Å². The zero-order valence-electron chi connectivity index (χ0n) is 13.4. The van der Waals surface area contributed by atoms with Crippen LogP contribution in [0, 0.1) is 23.2 Å². The lowest BCUT2D eigenvalue weighted by Gasteiger charge is -2.44. The van der Waals surface area contributed by atoms with Crippen LogP contribution >= 0.6 is 11.6 Å². The van der Waals surface area contributed by atoms with Crippen molar-refractivity contribution in [3.63, 3.8) is 0 Å². The molecule has 0 amide bonds. The standard InChI is InChI=1S/C17H23ClN4/c1-4-11-12-8-10(12)9-17(2,3)14(11)19-15-13-6-5-7-22(13)21-16(18)20-15/h5-7,10-12,14H,4,8-9H2,1-3H3,(H,19,20,21)/t10-,11+,12-,14-/m0/s1. The Hall–Kier alpha value is -1.29. The molecule has 0 unspecified atom stereocenters. The molecule has 4 nitrogen and oxygen atoms in total. The van der Waals surface area contributed by atoms with E-state index >= 15 is 0 Å². The van der Waals surface area contributed by atoms with Crippen LogP contribution in [0.1, 0.15) is 40.0 Å². The third-order valence-electron chi connectivity index (χ3n) is 5.71. The highest BCUT2D eigenvalue weighted by Crippen LogP contribution is 2.59. The minimum absolute atomic E-state index is 0.277. The van der Waals surface area contributed by atoms with Gasteiger partial charge in [-0.1, -0.05) is 27.2 Å². The largest absolute Gasteiger partial charge is 0.365 e. The van der Waals surface area contributed by atoms with Crippen molar-refractivity contribution in [3.05, 3.63) is 23.6 Å². The predicted molar refractivity (Wildman–Crippen MR) is 89.2 cm³/mol. The van der Waals surface area contributed by atoms with E-state index in [0.29, 0.717) is 6.04 Å². The summed E-state index contributed by atoms with van der Waals surface area (Å²) in [6.45, 7) is 7.09. The highest BCUT2D eigenvalue weighted by atomic mass is 35.5. The minimum Gasteiger partial charge on any atom is -0.365 e. The first kappa shape index (κ1) is 14.3. The fourth-order valence-corrected chi connectivity index (χ4v) is 4.83. The topological polar surface area (TPSA) is 42.2 Å². The number of rotatable bonds is 3. The van der Waals surface area contributed by atoms with Gasteiger partial charge in [-0.2, -0.15) is 4.98 Å². The van der Waals surface area contributed by atoms with Gasteiger partial charge in [-0.3, -0.25) is 0 Å². The van der Waals surface area contributed by atoms with Gasteiger partial charge in [-0.25, -0.2) is 4.52 Å². The predicted octanol–water partition coefficient (Wildman–Crippen LogP) is 4.26. The summed E-state index contributed by atoms with van der Waals surface area (Å²) in [5.41, 5.74) is 1.27. The molecule has 1 N–H and O–H groups in total. The average molecular weight is 319 g/mol. The van der Waals surface area contributed by atoms with Crippen LogP contribution in [0.3, 0.4) is 0 Å². The van der Waals surface area contributed by atoms with Gasteiger partial charge >= 0.3 is 0 Å². The van der Waals surface area contributed by atoms with E-state index in [1.165, 1.54) is 19.3 Å². The summed E-state index contributed by atoms with van der Waals surface area (Å²) >= 11 is 6.09. The Labute approximate surface area is 136 Å². The van der Waals surface area contributed by atoms with Crippen molar-refractivity contribution in [2.75, 3.05) is 5.32 Å². The SMILES string of the molecule is CC[C@@H]1[C@H]2C[C@H]2CC(C)(C)[C@H]1Nc1nc(Cl)nn2cccc12. The van der Waals surface area contributed by atoms with Gasteiger partial charge < -0.3 is 5.32 Å². The highest BCUT2D eigenvalue weighted by molar-refractivity contribution is 6.28. The molecule has 0 saturated heterocycles. The van der Waals surface area contributed by atoms with E-state index < -0.39 is 0 Å². The Kier molecular flexibility index (Phi) is 3.16. The van der Waals surface area contributed by atoms with Gasteiger partial charge in [0, 0.05) is 12.2 Å². The van der Waals surface area contributed by atoms with E-state index in [9.17, 15) is 0 Å². The summed E-state index contributed by atoms with van der Waals surface area (Å²) in [6, 6.07) is 4.45. The molecule has 118 valence electrons. The van der Waals surface area contributed by atoms with E-state index in [1.54, 1.807) is 4.52 Å². The number of fused-ring (bicyclic) bond motifs is 2. The van der Waals surface area contributed by atoms with Gasteiger partial charge in [0.15, 0.2) is 5.82 Å². The van der Waals surface area contributed by atoms with Crippen LogP contribution in [0.2, 0.25) is 5.28 Å². The molecule has 2 fully saturated rings. The number of nitrogens with one attached hydrogen (secondary N) is 1. The maximum atomic E-state index is 6.09. The van der Waals surface area contributed by atoms with E-state index in [0.717, 1.165) is 29.1 Å². The minimum atomic E-state index is 0.277. The number of anilines is 1. The van der Waals surface area contributed by atoms with Gasteiger partial charge in [0.25, 0.3) is 0 Å². The lowest BCUT2D eigenvalue weighted by Crippen LogP contribution is -2.46. The molecule has 2 aromatic rings. The Bertz CT molecular complexity index is 708. The second kappa shape index (κ2) is 4.85. The van der Waals surface area contributed by atoms with E-state index in [-0.39, 0.29) is 10.7 Å². The first-order valence-corrected chi connectivity index (χ1v) is 8.65. The highest BCUT2D eigenvalue weighted by Gasteiger charge is 2.55. The summed E-state index contributed by atoms with van der Waals surface area (Å²) in [4.78, 5) is 4.46. The molecule has 2 aliphatic carbocycles. The fraction of sp³-hybridized carbons (Fsp3) is 0.647. The lowest BCUT2D eigenvalue weighted by atomic mass is 9.67. The quantitative estimate of drug-likeness (QED) is 0.919. The summed E-state index contributed by atoms with van der Waals surface area (Å²) in [7, 11) is 0. The van der Waals surface area contributed by atoms with Gasteiger partial charge in [0.2, 0.25) is 5.28 Å². The Morgan fingerprint density at radius 2 is 2.27 bits per heavy atom. The van der Waals surface area contributed by atoms with Crippen LogP contribution in [-0.2, 0) is 0 Å². The van der Waals surface area contributed by atoms with Crippen LogP contribution in [0.5, 0.6) is 0 Å². The fourth-order valence-electron chi connectivity index (χ4n) is 4.66. The molecular formula is C17H23ClN4. The maximum Gasteiger partial charge on any atom is 0.243 e. The molecule has 0 spiro atoms. The summed E-state index contributed by atoms with van der Waals surface area (Å²) < 4.78 is 1.80. The molecule has 0 radical (unpaired) electrons. The third kappa shape index (κ3) is 2.19. The van der Waals surface area contributed by atoms with Gasteiger partial charge in [0.05, 0.1) is 0 Å². The summed E-state index contributed by atoms with van der Waals surface area (Å²) in [6.07, 6.45) is 5.85. The first-order chi connectivity index (χ1) is 10.5. The van der Waals surface area contributed by atoms with Crippen LogP contribution in [0.15, 0.2) is 18.3 Å². The molecule has 2 aromatic heterocycles. The molecule has 22 heavy (non-hydrogen) atoms. The Balaban J connectivity index is 1.72. The number of aromatic nitrogens is 3. The lowest BCUT2D eigenvalue weighted by molar-refractivity contribution is 0.140. The van der Waals surface area contributed by atoms with Crippen LogP contribution in [0.4, 0.5) is 5.82 Å². The van der Waals surface area contributed by atoms with E-state index in [1.807, 2.05) is 18.3 Å². The van der Waals surface area contributed by atoms with Gasteiger partial charge in [-0.15, -0.1) is 5.10 Å². The summed E-state index contributed by atoms with van der Waals surface area (Å²) in [5.74, 6) is 3.43. The Morgan fingerprint density at radius 1 is 1.45 bits per heavy atom. The summed E-state index contributed by atoms with van der Waals surface area (Å²) in [5, 5.41) is 8.25. The molecule has 2 heterocycles. The normalized spacial score (nSPS) is 32.7. The molecule has 4 rings (SSSR count). The van der Waals surface area contributed by atoms with Crippen molar-refractivity contribution in [1.82, 2.24) is 14.6 Å². The first-order valence-electron chi connectivity index (χ1n) is 8.27.